The van der Waals surface area contributed by atoms with Crippen molar-refractivity contribution in [1.29, 1.82) is 0 Å². The lowest BCUT2D eigenvalue weighted by molar-refractivity contribution is 0.322. The topological polar surface area (TPSA) is 93.5 Å². The Kier molecular flexibility index (Phi) is 5.16. The molecule has 108 valence electrons. The van der Waals surface area contributed by atoms with Crippen LogP contribution in [0.25, 0.3) is 0 Å². The molecule has 0 fully saturated rings. The molecule has 0 unspecified atom stereocenters. The van der Waals surface area contributed by atoms with Gasteiger partial charge in [0.2, 0.25) is 0 Å². The predicted octanol–water partition coefficient (Wildman–Crippen LogP) is 0.870. The van der Waals surface area contributed by atoms with Crippen molar-refractivity contribution >= 4 is 15.9 Å². The summed E-state index contributed by atoms with van der Waals surface area (Å²) in [5, 5.41) is 0. The smallest absolute Gasteiger partial charge is 0.277 e. The van der Waals surface area contributed by atoms with Crippen molar-refractivity contribution in [2.24, 2.45) is 0 Å². The molecule has 1 aromatic carbocycles. The molecule has 0 atom stereocenters. The van der Waals surface area contributed by atoms with Crippen LogP contribution < -0.4 is 19.9 Å². The number of ether oxygens (including phenoxy) is 1. The van der Waals surface area contributed by atoms with Gasteiger partial charge in [-0.3, -0.25) is 0 Å². The molecule has 6 nitrogen and oxygen atoms in total. The summed E-state index contributed by atoms with van der Waals surface area (Å²) in [5.74, 6) is 0.614. The van der Waals surface area contributed by atoms with Crippen molar-refractivity contribution in [3.05, 3.63) is 24.3 Å². The average molecular weight is 287 g/mol. The van der Waals surface area contributed by atoms with Gasteiger partial charge in [0, 0.05) is 23.8 Å². The number of hydrogen-bond donors (Lipinski definition) is 3. The van der Waals surface area contributed by atoms with Gasteiger partial charge in [-0.25, -0.2) is 0 Å². The van der Waals surface area contributed by atoms with Crippen molar-refractivity contribution in [2.75, 3.05) is 18.9 Å². The van der Waals surface area contributed by atoms with E-state index >= 15 is 0 Å². The van der Waals surface area contributed by atoms with Crippen LogP contribution in [0.2, 0.25) is 0 Å². The largest absolute Gasteiger partial charge is 0.492 e. The first-order valence-electron chi connectivity index (χ1n) is 5.95. The Morgan fingerprint density at radius 2 is 2.00 bits per heavy atom. The Hall–Kier alpha value is -1.31. The minimum atomic E-state index is -3.51. The molecule has 0 saturated heterocycles. The number of nitrogen functional groups attached to an aromatic ring is 1. The summed E-state index contributed by atoms with van der Waals surface area (Å²) in [6.07, 6.45) is 0. The molecule has 7 heteroatoms. The second-order valence-corrected chi connectivity index (χ2v) is 6.67. The van der Waals surface area contributed by atoms with Gasteiger partial charge >= 0.3 is 0 Å². The molecule has 0 bridgehead atoms. The fraction of sp³-hybridized carbons (Fsp3) is 0.500. The monoisotopic (exact) mass is 287 g/mol. The number of hydrogen-bond acceptors (Lipinski definition) is 4. The molecule has 0 aliphatic heterocycles. The third-order valence-electron chi connectivity index (χ3n) is 1.96. The van der Waals surface area contributed by atoms with Crippen molar-refractivity contribution < 1.29 is 13.2 Å². The van der Waals surface area contributed by atoms with E-state index < -0.39 is 15.7 Å². The molecule has 0 saturated carbocycles. The van der Waals surface area contributed by atoms with Gasteiger partial charge in [0.05, 0.1) is 0 Å². The van der Waals surface area contributed by atoms with Crippen LogP contribution >= 0.6 is 0 Å². The summed E-state index contributed by atoms with van der Waals surface area (Å²) in [5.41, 5.74) is 5.69. The summed E-state index contributed by atoms with van der Waals surface area (Å²) in [6, 6.07) is 6.97. The predicted molar refractivity (Wildman–Crippen MR) is 76.2 cm³/mol. The molecule has 1 rings (SSSR count). The molecule has 0 radical (unpaired) electrons. The maximum atomic E-state index is 11.6. The average Bonchev–Trinajstić information content (AvgIpc) is 2.21. The van der Waals surface area contributed by atoms with Gasteiger partial charge in [0.1, 0.15) is 12.4 Å². The Balaban J connectivity index is 2.35. The minimum absolute atomic E-state index is 0.181. The molecule has 0 heterocycles. The zero-order valence-electron chi connectivity index (χ0n) is 11.4. The first-order chi connectivity index (χ1) is 8.68. The van der Waals surface area contributed by atoms with E-state index in [1.807, 2.05) is 0 Å². The lowest BCUT2D eigenvalue weighted by Crippen LogP contribution is -2.47. The van der Waals surface area contributed by atoms with Crippen LogP contribution in [0.15, 0.2) is 24.3 Å². The van der Waals surface area contributed by atoms with Crippen LogP contribution in [0.5, 0.6) is 5.75 Å². The Morgan fingerprint density at radius 3 is 2.58 bits per heavy atom. The van der Waals surface area contributed by atoms with Gasteiger partial charge in [-0.05, 0) is 32.9 Å². The third kappa shape index (κ3) is 7.00. The standard InChI is InChI=1S/C12H21N3O3S/c1-12(2,3)15-19(16,17)14-7-8-18-11-6-4-5-10(13)9-11/h4-6,9,14-15H,7-8,13H2,1-3H3. The first kappa shape index (κ1) is 15.7. The van der Waals surface area contributed by atoms with Gasteiger partial charge in [-0.1, -0.05) is 6.07 Å². The third-order valence-corrected chi connectivity index (χ3v) is 3.43. The van der Waals surface area contributed by atoms with Gasteiger partial charge in [0.25, 0.3) is 10.2 Å². The molecule has 1 aromatic rings. The van der Waals surface area contributed by atoms with E-state index in [0.717, 1.165) is 0 Å². The summed E-state index contributed by atoms with van der Waals surface area (Å²) >= 11 is 0. The Bertz CT molecular complexity index is 509. The number of rotatable bonds is 6. The van der Waals surface area contributed by atoms with Crippen LogP contribution in [0.1, 0.15) is 20.8 Å². The van der Waals surface area contributed by atoms with Crippen molar-refractivity contribution in [1.82, 2.24) is 9.44 Å². The first-order valence-corrected chi connectivity index (χ1v) is 7.43. The van der Waals surface area contributed by atoms with Crippen molar-refractivity contribution in [2.45, 2.75) is 26.3 Å². The molecule has 0 aromatic heterocycles. The van der Waals surface area contributed by atoms with E-state index in [4.69, 9.17) is 10.5 Å². The number of benzene rings is 1. The Morgan fingerprint density at radius 1 is 1.32 bits per heavy atom. The number of nitrogens with two attached hydrogens (primary N) is 1. The maximum Gasteiger partial charge on any atom is 0.277 e. The minimum Gasteiger partial charge on any atom is -0.492 e. The maximum absolute atomic E-state index is 11.6. The highest BCUT2D eigenvalue weighted by Gasteiger charge is 2.18. The van der Waals surface area contributed by atoms with Crippen molar-refractivity contribution in [3.8, 4) is 5.75 Å². The summed E-state index contributed by atoms with van der Waals surface area (Å²) < 4.78 is 33.5. The van der Waals surface area contributed by atoms with Crippen molar-refractivity contribution in [3.63, 3.8) is 0 Å². The fourth-order valence-electron chi connectivity index (χ4n) is 1.39. The van der Waals surface area contributed by atoms with Gasteiger partial charge < -0.3 is 10.5 Å². The molecule has 0 aliphatic carbocycles. The van der Waals surface area contributed by atoms with E-state index in [1.165, 1.54) is 0 Å². The summed E-state index contributed by atoms with van der Waals surface area (Å²) in [6.45, 7) is 5.73. The van der Waals surface area contributed by atoms with E-state index in [-0.39, 0.29) is 13.2 Å². The van der Waals surface area contributed by atoms with Gasteiger partial charge in [-0.15, -0.1) is 0 Å². The van der Waals surface area contributed by atoms with Crippen LogP contribution in [-0.4, -0.2) is 27.1 Å². The number of anilines is 1. The van der Waals surface area contributed by atoms with Crippen LogP contribution in [0, 0.1) is 0 Å². The molecule has 0 aliphatic rings. The summed E-state index contributed by atoms with van der Waals surface area (Å²) in [4.78, 5) is 0. The molecular formula is C12H21N3O3S. The molecule has 4 N–H and O–H groups in total. The fourth-order valence-corrected chi connectivity index (χ4v) is 2.62. The normalized spacial score (nSPS) is 12.4. The molecular weight excluding hydrogens is 266 g/mol. The van der Waals surface area contributed by atoms with E-state index in [2.05, 4.69) is 9.44 Å². The quantitative estimate of drug-likeness (QED) is 0.534. The number of nitrogens with one attached hydrogen (secondary N) is 2. The zero-order chi connectivity index (χ0) is 14.5. The molecule has 19 heavy (non-hydrogen) atoms. The van der Waals surface area contributed by atoms with E-state index in [0.29, 0.717) is 11.4 Å². The second-order valence-electron chi connectivity index (χ2n) is 5.17. The second kappa shape index (κ2) is 6.23. The Labute approximate surface area is 114 Å². The van der Waals surface area contributed by atoms with Crippen LogP contribution in [0.4, 0.5) is 5.69 Å². The van der Waals surface area contributed by atoms with Gasteiger partial charge in [-0.2, -0.15) is 17.9 Å². The highest BCUT2D eigenvalue weighted by atomic mass is 32.2. The lowest BCUT2D eigenvalue weighted by Gasteiger charge is -2.20. The molecule has 0 spiro atoms. The summed E-state index contributed by atoms with van der Waals surface area (Å²) in [7, 11) is -3.51. The SMILES string of the molecule is CC(C)(C)NS(=O)(=O)NCCOc1cccc(N)c1. The van der Waals surface area contributed by atoms with Crippen LogP contribution in [0.3, 0.4) is 0 Å². The zero-order valence-corrected chi connectivity index (χ0v) is 12.3. The van der Waals surface area contributed by atoms with Gasteiger partial charge in [0.15, 0.2) is 0 Å². The van der Waals surface area contributed by atoms with E-state index in [9.17, 15) is 8.42 Å². The molecule has 0 amide bonds. The van der Waals surface area contributed by atoms with Crippen LogP contribution in [-0.2, 0) is 10.2 Å². The highest BCUT2D eigenvalue weighted by Crippen LogP contribution is 2.13. The van der Waals surface area contributed by atoms with E-state index in [1.54, 1.807) is 45.0 Å². The highest BCUT2D eigenvalue weighted by molar-refractivity contribution is 7.87. The lowest BCUT2D eigenvalue weighted by atomic mass is 10.1.